The summed E-state index contributed by atoms with van der Waals surface area (Å²) in [4.78, 5) is 25.4. The van der Waals surface area contributed by atoms with Crippen LogP contribution >= 0.6 is 11.6 Å². The van der Waals surface area contributed by atoms with Crippen LogP contribution in [0.2, 0.25) is 5.02 Å². The quantitative estimate of drug-likeness (QED) is 0.719. The topological polar surface area (TPSA) is 37.4 Å². The Labute approximate surface area is 134 Å². The molecule has 7 heteroatoms. The van der Waals surface area contributed by atoms with Crippen LogP contribution in [0.4, 0.5) is 18.9 Å². The Balaban J connectivity index is 2.20. The molecule has 0 N–H and O–H groups in total. The van der Waals surface area contributed by atoms with Gasteiger partial charge >= 0.3 is 6.18 Å². The van der Waals surface area contributed by atoms with Crippen molar-refractivity contribution in [3.05, 3.63) is 63.7 Å². The van der Waals surface area contributed by atoms with Crippen LogP contribution in [0, 0.1) is 6.92 Å². The number of nitrogens with zero attached hydrogens (tertiary/aromatic N) is 1. The maximum atomic E-state index is 13.2. The molecule has 3 nitrogen and oxygen atoms in total. The summed E-state index contributed by atoms with van der Waals surface area (Å²) in [6.45, 7) is 1.72. The van der Waals surface area contributed by atoms with Crippen LogP contribution in [0.25, 0.3) is 0 Å². The third kappa shape index (κ3) is 2.49. The highest BCUT2D eigenvalue weighted by Gasteiger charge is 2.42. The Hall–Kier alpha value is -2.34. The zero-order valence-corrected chi connectivity index (χ0v) is 12.5. The molecule has 0 saturated heterocycles. The molecular formula is C16H9ClF3NO2. The number of aryl methyl sites for hydroxylation is 1. The average Bonchev–Trinajstić information content (AvgIpc) is 2.69. The van der Waals surface area contributed by atoms with Crippen molar-refractivity contribution in [3.8, 4) is 0 Å². The fraction of sp³-hybridized carbons (Fsp3) is 0.125. The minimum atomic E-state index is -4.72. The number of rotatable bonds is 1. The first-order chi connectivity index (χ1) is 10.7. The first kappa shape index (κ1) is 15.6. The molecule has 118 valence electrons. The van der Waals surface area contributed by atoms with E-state index in [0.29, 0.717) is 4.90 Å². The lowest BCUT2D eigenvalue weighted by atomic mass is 10.1. The smallest absolute Gasteiger partial charge is 0.268 e. The SMILES string of the molecule is Cc1ccc2c(c1)C(=O)N(c1cc(Cl)ccc1C(F)(F)F)C2=O. The van der Waals surface area contributed by atoms with Crippen molar-refractivity contribution in [1.29, 1.82) is 0 Å². The minimum absolute atomic E-state index is 0.000682. The lowest BCUT2D eigenvalue weighted by Gasteiger charge is -2.20. The van der Waals surface area contributed by atoms with Gasteiger partial charge in [0.05, 0.1) is 22.4 Å². The molecule has 2 aromatic rings. The van der Waals surface area contributed by atoms with Crippen molar-refractivity contribution in [2.45, 2.75) is 13.1 Å². The number of fused-ring (bicyclic) bond motifs is 1. The predicted octanol–water partition coefficient (Wildman–Crippen LogP) is 4.47. The van der Waals surface area contributed by atoms with Gasteiger partial charge in [-0.25, -0.2) is 4.90 Å². The molecule has 0 saturated carbocycles. The van der Waals surface area contributed by atoms with Crippen LogP contribution in [-0.2, 0) is 6.18 Å². The first-order valence-corrected chi connectivity index (χ1v) is 6.94. The van der Waals surface area contributed by atoms with E-state index in [4.69, 9.17) is 11.6 Å². The van der Waals surface area contributed by atoms with Gasteiger partial charge in [0.1, 0.15) is 0 Å². The second kappa shape index (κ2) is 5.09. The van der Waals surface area contributed by atoms with E-state index < -0.39 is 29.2 Å². The van der Waals surface area contributed by atoms with E-state index in [-0.39, 0.29) is 16.1 Å². The van der Waals surface area contributed by atoms with Crippen LogP contribution in [0.5, 0.6) is 0 Å². The number of hydrogen-bond acceptors (Lipinski definition) is 2. The maximum absolute atomic E-state index is 13.2. The molecule has 2 aromatic carbocycles. The van der Waals surface area contributed by atoms with Gasteiger partial charge in [0.2, 0.25) is 0 Å². The maximum Gasteiger partial charge on any atom is 0.418 e. The monoisotopic (exact) mass is 339 g/mol. The van der Waals surface area contributed by atoms with Gasteiger partial charge in [-0.15, -0.1) is 0 Å². The molecule has 0 fully saturated rings. The Bertz CT molecular complexity index is 846. The largest absolute Gasteiger partial charge is 0.418 e. The molecule has 0 aromatic heterocycles. The lowest BCUT2D eigenvalue weighted by Crippen LogP contribution is -2.31. The Kier molecular flexibility index (Phi) is 3.44. The van der Waals surface area contributed by atoms with E-state index in [9.17, 15) is 22.8 Å². The molecule has 3 rings (SSSR count). The average molecular weight is 340 g/mol. The summed E-state index contributed by atoms with van der Waals surface area (Å²) in [5.74, 6) is -1.58. The predicted molar refractivity (Wildman–Crippen MR) is 78.8 cm³/mol. The molecule has 0 aliphatic carbocycles. The number of hydrogen-bond donors (Lipinski definition) is 0. The summed E-state index contributed by atoms with van der Waals surface area (Å²) in [7, 11) is 0. The van der Waals surface area contributed by atoms with Crippen LogP contribution in [0.3, 0.4) is 0 Å². The fourth-order valence-electron chi connectivity index (χ4n) is 2.50. The number of benzene rings is 2. The zero-order chi connectivity index (χ0) is 16.9. The number of amides is 2. The van der Waals surface area contributed by atoms with Crippen LogP contribution < -0.4 is 4.90 Å². The van der Waals surface area contributed by atoms with E-state index in [1.165, 1.54) is 12.1 Å². The number of alkyl halides is 3. The Morgan fingerprint density at radius 2 is 1.61 bits per heavy atom. The second-order valence-electron chi connectivity index (χ2n) is 5.15. The van der Waals surface area contributed by atoms with Crippen molar-refractivity contribution in [3.63, 3.8) is 0 Å². The molecule has 0 spiro atoms. The number of halogens is 4. The van der Waals surface area contributed by atoms with Crippen molar-refractivity contribution in [2.75, 3.05) is 4.90 Å². The van der Waals surface area contributed by atoms with E-state index in [1.807, 2.05) is 0 Å². The van der Waals surface area contributed by atoms with E-state index in [2.05, 4.69) is 0 Å². The van der Waals surface area contributed by atoms with Gasteiger partial charge in [-0.3, -0.25) is 9.59 Å². The highest BCUT2D eigenvalue weighted by molar-refractivity contribution is 6.35. The van der Waals surface area contributed by atoms with Crippen molar-refractivity contribution in [1.82, 2.24) is 0 Å². The molecule has 0 unspecified atom stereocenters. The van der Waals surface area contributed by atoms with Crippen molar-refractivity contribution >= 4 is 29.1 Å². The van der Waals surface area contributed by atoms with Gasteiger partial charge in [-0.1, -0.05) is 23.2 Å². The van der Waals surface area contributed by atoms with Crippen molar-refractivity contribution in [2.24, 2.45) is 0 Å². The molecule has 0 bridgehead atoms. The molecular weight excluding hydrogens is 331 g/mol. The van der Waals surface area contributed by atoms with E-state index in [1.54, 1.807) is 13.0 Å². The van der Waals surface area contributed by atoms with Crippen LogP contribution in [-0.4, -0.2) is 11.8 Å². The second-order valence-corrected chi connectivity index (χ2v) is 5.59. The third-order valence-electron chi connectivity index (χ3n) is 3.55. The molecule has 0 radical (unpaired) electrons. The molecule has 23 heavy (non-hydrogen) atoms. The van der Waals surface area contributed by atoms with Crippen LogP contribution in [0.15, 0.2) is 36.4 Å². The normalized spacial score (nSPS) is 14.4. The van der Waals surface area contributed by atoms with E-state index in [0.717, 1.165) is 23.8 Å². The summed E-state index contributed by atoms with van der Waals surface area (Å²) in [6.07, 6.45) is -4.72. The van der Waals surface area contributed by atoms with Gasteiger partial charge < -0.3 is 0 Å². The number of anilines is 1. The standard InChI is InChI=1S/C16H9ClF3NO2/c1-8-2-4-10-11(6-8)15(23)21(14(10)22)13-7-9(17)3-5-12(13)16(18,19)20/h2-7H,1H3. The van der Waals surface area contributed by atoms with Crippen molar-refractivity contribution < 1.29 is 22.8 Å². The zero-order valence-electron chi connectivity index (χ0n) is 11.7. The number of carbonyl (C=O) groups excluding carboxylic acids is 2. The Morgan fingerprint density at radius 3 is 2.26 bits per heavy atom. The summed E-state index contributed by atoms with van der Waals surface area (Å²) in [6, 6.07) is 7.33. The highest BCUT2D eigenvalue weighted by atomic mass is 35.5. The number of imide groups is 1. The van der Waals surface area contributed by atoms with Gasteiger partial charge in [0.25, 0.3) is 11.8 Å². The molecule has 1 aliphatic rings. The first-order valence-electron chi connectivity index (χ1n) is 6.56. The fourth-order valence-corrected chi connectivity index (χ4v) is 2.67. The summed E-state index contributed by atoms with van der Waals surface area (Å²) in [5.41, 5.74) is -0.757. The molecule has 2 amide bonds. The van der Waals surface area contributed by atoms with Gasteiger partial charge in [0.15, 0.2) is 0 Å². The van der Waals surface area contributed by atoms with Gasteiger partial charge in [-0.05, 0) is 37.3 Å². The third-order valence-corrected chi connectivity index (χ3v) is 3.78. The summed E-state index contributed by atoms with van der Waals surface area (Å²) in [5, 5.41) is 0.000682. The van der Waals surface area contributed by atoms with Gasteiger partial charge in [-0.2, -0.15) is 13.2 Å². The Morgan fingerprint density at radius 1 is 0.957 bits per heavy atom. The lowest BCUT2D eigenvalue weighted by molar-refractivity contribution is -0.137. The number of carbonyl (C=O) groups is 2. The highest BCUT2D eigenvalue weighted by Crippen LogP contribution is 2.40. The van der Waals surface area contributed by atoms with Crippen LogP contribution in [0.1, 0.15) is 31.8 Å². The molecule has 1 aliphatic heterocycles. The minimum Gasteiger partial charge on any atom is -0.268 e. The molecule has 0 atom stereocenters. The summed E-state index contributed by atoms with van der Waals surface area (Å²) >= 11 is 5.76. The molecule has 1 heterocycles. The van der Waals surface area contributed by atoms with Gasteiger partial charge in [0, 0.05) is 5.02 Å². The summed E-state index contributed by atoms with van der Waals surface area (Å²) < 4.78 is 39.6. The van der Waals surface area contributed by atoms with E-state index >= 15 is 0 Å².